The van der Waals surface area contributed by atoms with Gasteiger partial charge < -0.3 is 19.9 Å². The molecular formula is C13H21N5O2. The van der Waals surface area contributed by atoms with Gasteiger partial charge in [0.2, 0.25) is 5.95 Å². The standard InChI is InChI=1S/C13H21N5O2/c1-17(2)4-3-14-13-15-9-11(10-16-13)12(19)18-5-7-20-8-6-18/h9-10H,3-8H2,1-2H3,(H,14,15,16). The first-order valence-electron chi connectivity index (χ1n) is 6.74. The van der Waals surface area contributed by atoms with E-state index < -0.39 is 0 Å². The van der Waals surface area contributed by atoms with E-state index in [1.54, 1.807) is 17.3 Å². The lowest BCUT2D eigenvalue weighted by atomic mass is 10.3. The van der Waals surface area contributed by atoms with E-state index in [1.807, 2.05) is 14.1 Å². The van der Waals surface area contributed by atoms with Gasteiger partial charge in [-0.15, -0.1) is 0 Å². The molecule has 2 rings (SSSR count). The van der Waals surface area contributed by atoms with Crippen molar-refractivity contribution in [1.29, 1.82) is 0 Å². The van der Waals surface area contributed by atoms with Crippen molar-refractivity contribution < 1.29 is 9.53 Å². The van der Waals surface area contributed by atoms with E-state index in [0.29, 0.717) is 37.8 Å². The molecule has 0 bridgehead atoms. The Bertz CT molecular complexity index is 429. The Balaban J connectivity index is 1.88. The maximum Gasteiger partial charge on any atom is 0.257 e. The Morgan fingerprint density at radius 1 is 1.35 bits per heavy atom. The number of ether oxygens (including phenoxy) is 1. The lowest BCUT2D eigenvalue weighted by molar-refractivity contribution is 0.0302. The van der Waals surface area contributed by atoms with Crippen LogP contribution >= 0.6 is 0 Å². The molecule has 0 unspecified atom stereocenters. The highest BCUT2D eigenvalue weighted by atomic mass is 16.5. The van der Waals surface area contributed by atoms with E-state index in [4.69, 9.17) is 4.74 Å². The number of rotatable bonds is 5. The topological polar surface area (TPSA) is 70.6 Å². The van der Waals surface area contributed by atoms with Gasteiger partial charge in [0.15, 0.2) is 0 Å². The smallest absolute Gasteiger partial charge is 0.257 e. The number of aromatic nitrogens is 2. The lowest BCUT2D eigenvalue weighted by Gasteiger charge is -2.26. The van der Waals surface area contributed by atoms with Crippen molar-refractivity contribution in [2.45, 2.75) is 0 Å². The number of carbonyl (C=O) groups excluding carboxylic acids is 1. The van der Waals surface area contributed by atoms with Crippen LogP contribution in [0.3, 0.4) is 0 Å². The summed E-state index contributed by atoms with van der Waals surface area (Å²) < 4.78 is 5.23. The summed E-state index contributed by atoms with van der Waals surface area (Å²) in [6.45, 7) is 4.11. The fourth-order valence-electron chi connectivity index (χ4n) is 1.87. The van der Waals surface area contributed by atoms with Crippen LogP contribution in [0.15, 0.2) is 12.4 Å². The zero-order chi connectivity index (χ0) is 14.4. The lowest BCUT2D eigenvalue weighted by Crippen LogP contribution is -2.40. The molecule has 20 heavy (non-hydrogen) atoms. The molecule has 0 aliphatic carbocycles. The van der Waals surface area contributed by atoms with Gasteiger partial charge in [0, 0.05) is 38.6 Å². The van der Waals surface area contributed by atoms with Gasteiger partial charge in [-0.2, -0.15) is 0 Å². The minimum Gasteiger partial charge on any atom is -0.378 e. The van der Waals surface area contributed by atoms with Crippen LogP contribution in [0.5, 0.6) is 0 Å². The third-order valence-electron chi connectivity index (χ3n) is 3.04. The van der Waals surface area contributed by atoms with Crippen LogP contribution in [0.25, 0.3) is 0 Å². The first-order chi connectivity index (χ1) is 9.66. The SMILES string of the molecule is CN(C)CCNc1ncc(C(=O)N2CCOCC2)cn1. The minimum absolute atomic E-state index is 0.0341. The van der Waals surface area contributed by atoms with E-state index in [0.717, 1.165) is 13.1 Å². The van der Waals surface area contributed by atoms with Crippen molar-refractivity contribution in [2.75, 3.05) is 58.8 Å². The number of likely N-dealkylation sites (N-methyl/N-ethyl adjacent to an activating group) is 1. The summed E-state index contributed by atoms with van der Waals surface area (Å²) in [5.74, 6) is 0.513. The van der Waals surface area contributed by atoms with Gasteiger partial charge in [-0.3, -0.25) is 4.79 Å². The third kappa shape index (κ3) is 4.14. The summed E-state index contributed by atoms with van der Waals surface area (Å²) >= 11 is 0. The number of amides is 1. The van der Waals surface area contributed by atoms with E-state index in [-0.39, 0.29) is 5.91 Å². The van der Waals surface area contributed by atoms with Gasteiger partial charge in [-0.25, -0.2) is 9.97 Å². The van der Waals surface area contributed by atoms with Gasteiger partial charge in [0.25, 0.3) is 5.91 Å². The van der Waals surface area contributed by atoms with Crippen molar-refractivity contribution in [3.05, 3.63) is 18.0 Å². The second-order valence-electron chi connectivity index (χ2n) is 4.93. The molecule has 110 valence electrons. The van der Waals surface area contributed by atoms with Crippen LogP contribution < -0.4 is 5.32 Å². The number of hydrogen-bond donors (Lipinski definition) is 1. The number of nitrogens with one attached hydrogen (secondary N) is 1. The first kappa shape index (κ1) is 14.7. The predicted octanol–water partition coefficient (Wildman–Crippen LogP) is -0.0775. The molecule has 0 spiro atoms. The molecule has 7 nitrogen and oxygen atoms in total. The van der Waals surface area contributed by atoms with Crippen LogP contribution in [-0.2, 0) is 4.74 Å². The Labute approximate surface area is 118 Å². The van der Waals surface area contributed by atoms with E-state index in [2.05, 4.69) is 20.2 Å². The summed E-state index contributed by atoms with van der Waals surface area (Å²) in [4.78, 5) is 24.4. The van der Waals surface area contributed by atoms with E-state index in [9.17, 15) is 4.79 Å². The number of nitrogens with zero attached hydrogens (tertiary/aromatic N) is 4. The molecule has 0 saturated carbocycles. The molecule has 1 aliphatic heterocycles. The average Bonchev–Trinajstić information content (AvgIpc) is 2.48. The minimum atomic E-state index is -0.0341. The molecule has 0 atom stereocenters. The quantitative estimate of drug-likeness (QED) is 0.813. The molecule has 7 heteroatoms. The maximum absolute atomic E-state index is 12.2. The van der Waals surface area contributed by atoms with Crippen LogP contribution in [0, 0.1) is 0 Å². The molecule has 1 fully saturated rings. The Hall–Kier alpha value is -1.73. The normalized spacial score (nSPS) is 15.4. The van der Waals surface area contributed by atoms with Crippen molar-refractivity contribution in [3.8, 4) is 0 Å². The van der Waals surface area contributed by atoms with Gasteiger partial charge in [0.1, 0.15) is 0 Å². The van der Waals surface area contributed by atoms with Crippen LogP contribution in [0.4, 0.5) is 5.95 Å². The highest BCUT2D eigenvalue weighted by molar-refractivity contribution is 5.93. The van der Waals surface area contributed by atoms with Gasteiger partial charge >= 0.3 is 0 Å². The van der Waals surface area contributed by atoms with Crippen molar-refractivity contribution in [2.24, 2.45) is 0 Å². The maximum atomic E-state index is 12.2. The monoisotopic (exact) mass is 279 g/mol. The van der Waals surface area contributed by atoms with Crippen LogP contribution in [-0.4, -0.2) is 79.2 Å². The summed E-state index contributed by atoms with van der Waals surface area (Å²) in [7, 11) is 4.01. The molecule has 1 N–H and O–H groups in total. The molecular weight excluding hydrogens is 258 g/mol. The van der Waals surface area contributed by atoms with Crippen molar-refractivity contribution in [1.82, 2.24) is 19.8 Å². The molecule has 1 aromatic rings. The summed E-state index contributed by atoms with van der Waals surface area (Å²) in [6, 6.07) is 0. The van der Waals surface area contributed by atoms with Gasteiger partial charge in [0.05, 0.1) is 18.8 Å². The number of anilines is 1. The van der Waals surface area contributed by atoms with E-state index >= 15 is 0 Å². The molecule has 1 aromatic heterocycles. The third-order valence-corrected chi connectivity index (χ3v) is 3.04. The van der Waals surface area contributed by atoms with Crippen LogP contribution in [0.2, 0.25) is 0 Å². The first-order valence-corrected chi connectivity index (χ1v) is 6.74. The largest absolute Gasteiger partial charge is 0.378 e. The molecule has 1 saturated heterocycles. The van der Waals surface area contributed by atoms with Gasteiger partial charge in [-0.05, 0) is 14.1 Å². The molecule has 1 amide bonds. The Morgan fingerprint density at radius 2 is 2.00 bits per heavy atom. The molecule has 2 heterocycles. The number of morpholine rings is 1. The Morgan fingerprint density at radius 3 is 2.60 bits per heavy atom. The number of carbonyl (C=O) groups is 1. The molecule has 0 radical (unpaired) electrons. The molecule has 0 aromatic carbocycles. The fraction of sp³-hybridized carbons (Fsp3) is 0.615. The average molecular weight is 279 g/mol. The highest BCUT2D eigenvalue weighted by Crippen LogP contribution is 2.07. The zero-order valence-electron chi connectivity index (χ0n) is 12.0. The van der Waals surface area contributed by atoms with Crippen molar-refractivity contribution >= 4 is 11.9 Å². The Kier molecular flexibility index (Phi) is 5.25. The van der Waals surface area contributed by atoms with Crippen LogP contribution in [0.1, 0.15) is 10.4 Å². The summed E-state index contributed by atoms with van der Waals surface area (Å²) in [6.07, 6.45) is 3.14. The van der Waals surface area contributed by atoms with Crippen molar-refractivity contribution in [3.63, 3.8) is 0 Å². The fourth-order valence-corrected chi connectivity index (χ4v) is 1.87. The van der Waals surface area contributed by atoms with Gasteiger partial charge in [-0.1, -0.05) is 0 Å². The zero-order valence-corrected chi connectivity index (χ0v) is 12.0. The van der Waals surface area contributed by atoms with E-state index in [1.165, 1.54) is 0 Å². The molecule has 1 aliphatic rings. The summed E-state index contributed by atoms with van der Waals surface area (Å²) in [5, 5.41) is 3.11. The predicted molar refractivity (Wildman–Crippen MR) is 75.8 cm³/mol. The highest BCUT2D eigenvalue weighted by Gasteiger charge is 2.18. The second kappa shape index (κ2) is 7.16. The number of hydrogen-bond acceptors (Lipinski definition) is 6. The summed E-state index contributed by atoms with van der Waals surface area (Å²) in [5.41, 5.74) is 0.519. The second-order valence-corrected chi connectivity index (χ2v) is 4.93.